The van der Waals surface area contributed by atoms with Crippen molar-refractivity contribution in [3.05, 3.63) is 42.0 Å². The molecule has 6 heteroatoms. The molecule has 128 valence electrons. The van der Waals surface area contributed by atoms with Crippen LogP contribution in [0, 0.1) is 13.8 Å². The third kappa shape index (κ3) is 4.68. The van der Waals surface area contributed by atoms with E-state index in [0.717, 1.165) is 22.8 Å². The number of aromatic nitrogens is 2. The molecule has 0 aliphatic heterocycles. The van der Waals surface area contributed by atoms with Gasteiger partial charge in [-0.3, -0.25) is 9.59 Å². The van der Waals surface area contributed by atoms with Gasteiger partial charge in [0, 0.05) is 36.5 Å². The summed E-state index contributed by atoms with van der Waals surface area (Å²) in [5, 5.41) is 5.57. The molecule has 1 heterocycles. The summed E-state index contributed by atoms with van der Waals surface area (Å²) in [7, 11) is 0. The number of nitrogens with zero attached hydrogens (tertiary/aromatic N) is 2. The lowest BCUT2D eigenvalue weighted by atomic mass is 10.2. The lowest BCUT2D eigenvalue weighted by molar-refractivity contribution is -0.121. The minimum Gasteiger partial charge on any atom is -0.356 e. The Hall–Kier alpha value is -2.63. The molecule has 0 aliphatic rings. The number of anilines is 1. The van der Waals surface area contributed by atoms with Crippen LogP contribution in [0.5, 0.6) is 0 Å². The number of hydrogen-bond acceptors (Lipinski definition) is 3. The zero-order chi connectivity index (χ0) is 17.5. The molecule has 0 saturated heterocycles. The van der Waals surface area contributed by atoms with E-state index in [2.05, 4.69) is 15.6 Å². The summed E-state index contributed by atoms with van der Waals surface area (Å²) in [4.78, 5) is 27.5. The van der Waals surface area contributed by atoms with Crippen LogP contribution in [0.3, 0.4) is 0 Å². The Labute approximate surface area is 142 Å². The number of hydrogen-bond donors (Lipinski definition) is 2. The van der Waals surface area contributed by atoms with Crippen molar-refractivity contribution in [3.63, 3.8) is 0 Å². The van der Waals surface area contributed by atoms with Crippen molar-refractivity contribution in [2.75, 3.05) is 11.9 Å². The van der Waals surface area contributed by atoms with E-state index < -0.39 is 0 Å². The average Bonchev–Trinajstić information content (AvgIpc) is 2.88. The van der Waals surface area contributed by atoms with E-state index >= 15 is 0 Å². The second-order valence-corrected chi connectivity index (χ2v) is 5.69. The summed E-state index contributed by atoms with van der Waals surface area (Å²) in [6.45, 7) is 6.49. The minimum absolute atomic E-state index is 0.0133. The molecule has 0 unspecified atom stereocenters. The maximum atomic E-state index is 11.9. The molecule has 0 aliphatic carbocycles. The van der Waals surface area contributed by atoms with Crippen LogP contribution in [0.25, 0.3) is 5.69 Å². The zero-order valence-corrected chi connectivity index (χ0v) is 14.4. The summed E-state index contributed by atoms with van der Waals surface area (Å²) in [6.07, 6.45) is 3.04. The molecule has 2 aromatic rings. The predicted molar refractivity (Wildman–Crippen MR) is 94.2 cm³/mol. The Bertz CT molecular complexity index is 704. The number of carbonyl (C=O) groups excluding carboxylic acids is 2. The van der Waals surface area contributed by atoms with E-state index in [-0.39, 0.29) is 11.8 Å². The summed E-state index contributed by atoms with van der Waals surface area (Å²) in [6, 6.07) is 7.62. The number of carbonyl (C=O) groups is 2. The first-order valence-corrected chi connectivity index (χ1v) is 8.18. The Morgan fingerprint density at radius 1 is 1.08 bits per heavy atom. The standard InChI is InChI=1S/C18H24N4O2/c1-4-19-17(23)6-5-7-18(24)21-15-8-10-16(11-9-15)22-12-20-13(2)14(22)3/h8-12H,4-7H2,1-3H3,(H,19,23)(H,21,24). The molecule has 0 spiro atoms. The van der Waals surface area contributed by atoms with Crippen LogP contribution in [-0.2, 0) is 9.59 Å². The van der Waals surface area contributed by atoms with E-state index in [1.54, 1.807) is 6.33 Å². The van der Waals surface area contributed by atoms with Crippen molar-refractivity contribution in [2.45, 2.75) is 40.0 Å². The van der Waals surface area contributed by atoms with Crippen molar-refractivity contribution in [1.29, 1.82) is 0 Å². The van der Waals surface area contributed by atoms with Gasteiger partial charge < -0.3 is 15.2 Å². The molecule has 0 atom stereocenters. The van der Waals surface area contributed by atoms with Gasteiger partial charge in [0.05, 0.1) is 12.0 Å². The van der Waals surface area contributed by atoms with E-state index in [1.807, 2.05) is 49.6 Å². The molecule has 6 nitrogen and oxygen atoms in total. The van der Waals surface area contributed by atoms with E-state index in [4.69, 9.17) is 0 Å². The average molecular weight is 328 g/mol. The summed E-state index contributed by atoms with van der Waals surface area (Å²) in [5.41, 5.74) is 3.84. The van der Waals surface area contributed by atoms with Crippen molar-refractivity contribution in [2.24, 2.45) is 0 Å². The second kappa shape index (κ2) is 8.29. The molecular weight excluding hydrogens is 304 g/mol. The highest BCUT2D eigenvalue weighted by molar-refractivity contribution is 5.91. The molecule has 0 bridgehead atoms. The van der Waals surface area contributed by atoms with Crippen LogP contribution in [0.1, 0.15) is 37.6 Å². The van der Waals surface area contributed by atoms with Gasteiger partial charge in [-0.05, 0) is 51.5 Å². The van der Waals surface area contributed by atoms with Gasteiger partial charge in [-0.25, -0.2) is 4.98 Å². The van der Waals surface area contributed by atoms with Gasteiger partial charge in [-0.2, -0.15) is 0 Å². The van der Waals surface area contributed by atoms with E-state index in [1.165, 1.54) is 0 Å². The molecular formula is C18H24N4O2. The smallest absolute Gasteiger partial charge is 0.224 e. The van der Waals surface area contributed by atoms with Gasteiger partial charge >= 0.3 is 0 Å². The Kier molecular flexibility index (Phi) is 6.12. The number of amides is 2. The molecule has 0 saturated carbocycles. The molecule has 0 radical (unpaired) electrons. The van der Waals surface area contributed by atoms with Crippen LogP contribution >= 0.6 is 0 Å². The first-order chi connectivity index (χ1) is 11.5. The van der Waals surface area contributed by atoms with Crippen LogP contribution in [0.4, 0.5) is 5.69 Å². The molecule has 2 amide bonds. The predicted octanol–water partition coefficient (Wildman–Crippen LogP) is 2.73. The molecule has 24 heavy (non-hydrogen) atoms. The number of imidazole rings is 1. The van der Waals surface area contributed by atoms with Crippen molar-refractivity contribution in [3.8, 4) is 5.69 Å². The SMILES string of the molecule is CCNC(=O)CCCC(=O)Nc1ccc(-n2cnc(C)c2C)cc1. The summed E-state index contributed by atoms with van der Waals surface area (Å²) >= 11 is 0. The fourth-order valence-electron chi connectivity index (χ4n) is 2.38. The van der Waals surface area contributed by atoms with Gasteiger partial charge in [0.25, 0.3) is 0 Å². The lowest BCUT2D eigenvalue weighted by Gasteiger charge is -2.08. The molecule has 0 fully saturated rings. The van der Waals surface area contributed by atoms with E-state index in [0.29, 0.717) is 25.8 Å². The molecule has 2 rings (SSSR count). The Balaban J connectivity index is 1.86. The summed E-state index contributed by atoms with van der Waals surface area (Å²) in [5.74, 6) is -0.0950. The van der Waals surface area contributed by atoms with Crippen LogP contribution in [0.15, 0.2) is 30.6 Å². The summed E-state index contributed by atoms with van der Waals surface area (Å²) < 4.78 is 2.01. The second-order valence-electron chi connectivity index (χ2n) is 5.69. The first kappa shape index (κ1) is 17.7. The van der Waals surface area contributed by atoms with Gasteiger partial charge in [-0.1, -0.05) is 0 Å². The van der Waals surface area contributed by atoms with E-state index in [9.17, 15) is 9.59 Å². The maximum Gasteiger partial charge on any atom is 0.224 e. The number of aryl methyl sites for hydroxylation is 1. The quantitative estimate of drug-likeness (QED) is 0.820. The van der Waals surface area contributed by atoms with Crippen molar-refractivity contribution < 1.29 is 9.59 Å². The van der Waals surface area contributed by atoms with Gasteiger partial charge in [0.2, 0.25) is 11.8 Å². The highest BCUT2D eigenvalue weighted by Gasteiger charge is 2.07. The first-order valence-electron chi connectivity index (χ1n) is 8.18. The molecule has 1 aromatic carbocycles. The maximum absolute atomic E-state index is 11.9. The largest absolute Gasteiger partial charge is 0.356 e. The molecule has 2 N–H and O–H groups in total. The van der Waals surface area contributed by atoms with Crippen molar-refractivity contribution in [1.82, 2.24) is 14.9 Å². The highest BCUT2D eigenvalue weighted by atomic mass is 16.2. The van der Waals surface area contributed by atoms with Crippen molar-refractivity contribution >= 4 is 17.5 Å². The normalized spacial score (nSPS) is 10.5. The van der Waals surface area contributed by atoms with Crippen LogP contribution in [-0.4, -0.2) is 27.9 Å². The monoisotopic (exact) mass is 328 g/mol. The van der Waals surface area contributed by atoms with Crippen LogP contribution in [0.2, 0.25) is 0 Å². The van der Waals surface area contributed by atoms with Gasteiger partial charge in [0.1, 0.15) is 0 Å². The number of nitrogens with one attached hydrogen (secondary N) is 2. The van der Waals surface area contributed by atoms with Gasteiger partial charge in [0.15, 0.2) is 0 Å². The number of benzene rings is 1. The minimum atomic E-state index is -0.0818. The topological polar surface area (TPSA) is 76.0 Å². The molecule has 1 aromatic heterocycles. The fourth-order valence-corrected chi connectivity index (χ4v) is 2.38. The Morgan fingerprint density at radius 2 is 1.75 bits per heavy atom. The fraction of sp³-hybridized carbons (Fsp3) is 0.389. The third-order valence-corrected chi connectivity index (χ3v) is 3.86. The highest BCUT2D eigenvalue weighted by Crippen LogP contribution is 2.17. The Morgan fingerprint density at radius 3 is 2.33 bits per heavy atom. The zero-order valence-electron chi connectivity index (χ0n) is 14.4. The number of rotatable bonds is 7. The van der Waals surface area contributed by atoms with Gasteiger partial charge in [-0.15, -0.1) is 0 Å². The third-order valence-electron chi connectivity index (χ3n) is 3.86. The lowest BCUT2D eigenvalue weighted by Crippen LogP contribution is -2.22. The van der Waals surface area contributed by atoms with Crippen LogP contribution < -0.4 is 10.6 Å².